The molecule has 0 radical (unpaired) electrons. The van der Waals surface area contributed by atoms with Crippen molar-refractivity contribution < 1.29 is 14.0 Å². The minimum atomic E-state index is -0.345. The molecule has 1 saturated heterocycles. The minimum absolute atomic E-state index is 0.0633. The third kappa shape index (κ3) is 4.42. The van der Waals surface area contributed by atoms with E-state index in [4.69, 9.17) is 11.6 Å². The van der Waals surface area contributed by atoms with Crippen molar-refractivity contribution in [1.29, 1.82) is 0 Å². The fourth-order valence-corrected chi connectivity index (χ4v) is 4.82. The number of thiophene rings is 1. The number of nitrogens with zero attached hydrogens (tertiary/aromatic N) is 2. The van der Waals surface area contributed by atoms with Gasteiger partial charge in [-0.2, -0.15) is 0 Å². The summed E-state index contributed by atoms with van der Waals surface area (Å²) in [4.78, 5) is 29.5. The van der Waals surface area contributed by atoms with Crippen molar-refractivity contribution in [2.24, 2.45) is 0 Å². The number of rotatable bonds is 4. The highest BCUT2D eigenvalue weighted by molar-refractivity contribution is 7.21. The maximum absolute atomic E-state index is 12.9. The standard InChI is InChI=1S/C21H19ClFN3O2S/c22-19-16-3-1-2-4-17(16)29-20(19)21(28)26-11-9-25(10-12-26)13-18(27)24-15-7-5-14(23)6-8-15/h1-8H,9-13H2,(H,24,27). The average molecular weight is 432 g/mol. The lowest BCUT2D eigenvalue weighted by atomic mass is 10.2. The molecule has 29 heavy (non-hydrogen) atoms. The van der Waals surface area contributed by atoms with Crippen molar-refractivity contribution in [1.82, 2.24) is 9.80 Å². The Morgan fingerprint density at radius 1 is 1.03 bits per heavy atom. The van der Waals surface area contributed by atoms with E-state index in [0.29, 0.717) is 41.8 Å². The molecule has 0 aliphatic carbocycles. The number of benzene rings is 2. The van der Waals surface area contributed by atoms with Crippen LogP contribution in [-0.2, 0) is 4.79 Å². The Kier molecular flexibility index (Phi) is 5.80. The minimum Gasteiger partial charge on any atom is -0.335 e. The molecule has 0 atom stereocenters. The number of carbonyl (C=O) groups excluding carboxylic acids is 2. The van der Waals surface area contributed by atoms with E-state index in [1.165, 1.54) is 35.6 Å². The van der Waals surface area contributed by atoms with Gasteiger partial charge in [-0.05, 0) is 30.3 Å². The van der Waals surface area contributed by atoms with E-state index >= 15 is 0 Å². The van der Waals surface area contributed by atoms with Gasteiger partial charge in [0.25, 0.3) is 5.91 Å². The lowest BCUT2D eigenvalue weighted by Gasteiger charge is -2.34. The molecule has 150 valence electrons. The van der Waals surface area contributed by atoms with Crippen molar-refractivity contribution in [3.05, 3.63) is 64.2 Å². The number of nitrogens with one attached hydrogen (secondary N) is 1. The normalized spacial score (nSPS) is 14.9. The lowest BCUT2D eigenvalue weighted by molar-refractivity contribution is -0.117. The van der Waals surface area contributed by atoms with Gasteiger partial charge < -0.3 is 10.2 Å². The van der Waals surface area contributed by atoms with Crippen LogP contribution in [0.25, 0.3) is 10.1 Å². The largest absolute Gasteiger partial charge is 0.335 e. The van der Waals surface area contributed by atoms with E-state index in [9.17, 15) is 14.0 Å². The molecule has 0 bridgehead atoms. The Balaban J connectivity index is 1.32. The van der Waals surface area contributed by atoms with Gasteiger partial charge in [-0.3, -0.25) is 14.5 Å². The molecule has 4 rings (SSSR count). The van der Waals surface area contributed by atoms with E-state index in [2.05, 4.69) is 5.32 Å². The second-order valence-electron chi connectivity index (χ2n) is 6.86. The summed E-state index contributed by atoms with van der Waals surface area (Å²) in [6, 6.07) is 13.4. The van der Waals surface area contributed by atoms with Crippen LogP contribution in [0, 0.1) is 5.82 Å². The van der Waals surface area contributed by atoms with Crippen LogP contribution in [0.3, 0.4) is 0 Å². The van der Waals surface area contributed by atoms with Crippen LogP contribution in [0.1, 0.15) is 9.67 Å². The number of hydrogen-bond donors (Lipinski definition) is 1. The molecular weight excluding hydrogens is 413 g/mol. The zero-order valence-corrected chi connectivity index (χ0v) is 17.1. The summed E-state index contributed by atoms with van der Waals surface area (Å²) in [6.45, 7) is 2.50. The Hall–Kier alpha value is -2.48. The molecule has 8 heteroatoms. The van der Waals surface area contributed by atoms with Crippen LogP contribution in [0.2, 0.25) is 5.02 Å². The molecule has 2 aromatic carbocycles. The molecule has 0 spiro atoms. The summed E-state index contributed by atoms with van der Waals surface area (Å²) in [6.07, 6.45) is 0. The van der Waals surface area contributed by atoms with Gasteiger partial charge in [0.15, 0.2) is 0 Å². The number of anilines is 1. The molecule has 1 aromatic heterocycles. The summed E-state index contributed by atoms with van der Waals surface area (Å²) in [5, 5.41) is 4.17. The van der Waals surface area contributed by atoms with Crippen LogP contribution < -0.4 is 5.32 Å². The van der Waals surface area contributed by atoms with Crippen LogP contribution >= 0.6 is 22.9 Å². The first-order valence-corrected chi connectivity index (χ1v) is 10.4. The van der Waals surface area contributed by atoms with Crippen LogP contribution in [0.5, 0.6) is 0 Å². The van der Waals surface area contributed by atoms with Crippen molar-refractivity contribution in [3.63, 3.8) is 0 Å². The van der Waals surface area contributed by atoms with Gasteiger partial charge in [0.05, 0.1) is 11.6 Å². The van der Waals surface area contributed by atoms with Crippen LogP contribution in [0.15, 0.2) is 48.5 Å². The Morgan fingerprint density at radius 3 is 2.41 bits per heavy atom. The number of carbonyl (C=O) groups is 2. The molecule has 1 aliphatic rings. The molecule has 1 fully saturated rings. The Morgan fingerprint density at radius 2 is 1.72 bits per heavy atom. The zero-order chi connectivity index (χ0) is 20.4. The van der Waals surface area contributed by atoms with E-state index in [-0.39, 0.29) is 24.2 Å². The number of fused-ring (bicyclic) bond motifs is 1. The van der Waals surface area contributed by atoms with Gasteiger partial charge in [0.1, 0.15) is 10.7 Å². The van der Waals surface area contributed by atoms with Gasteiger partial charge in [0, 0.05) is 42.0 Å². The first-order chi connectivity index (χ1) is 14.0. The first kappa shape index (κ1) is 19.8. The highest BCUT2D eigenvalue weighted by Crippen LogP contribution is 2.36. The van der Waals surface area contributed by atoms with Crippen molar-refractivity contribution in [2.75, 3.05) is 38.0 Å². The Labute approximate surface area is 176 Å². The lowest BCUT2D eigenvalue weighted by Crippen LogP contribution is -2.50. The number of amides is 2. The molecule has 2 heterocycles. The van der Waals surface area contributed by atoms with Crippen molar-refractivity contribution in [3.8, 4) is 0 Å². The van der Waals surface area contributed by atoms with Gasteiger partial charge in [-0.15, -0.1) is 11.3 Å². The molecule has 3 aromatic rings. The molecule has 0 saturated carbocycles. The smallest absolute Gasteiger partial charge is 0.265 e. The second-order valence-corrected chi connectivity index (χ2v) is 8.29. The van der Waals surface area contributed by atoms with Gasteiger partial charge >= 0.3 is 0 Å². The number of halogens is 2. The van der Waals surface area contributed by atoms with Crippen molar-refractivity contribution >= 4 is 50.5 Å². The number of hydrogen-bond acceptors (Lipinski definition) is 4. The fourth-order valence-electron chi connectivity index (χ4n) is 3.34. The predicted octanol–water partition coefficient (Wildman–Crippen LogP) is 4.09. The maximum Gasteiger partial charge on any atom is 0.265 e. The predicted molar refractivity (Wildman–Crippen MR) is 114 cm³/mol. The topological polar surface area (TPSA) is 52.7 Å². The summed E-state index contributed by atoms with van der Waals surface area (Å²) in [5.41, 5.74) is 0.560. The molecule has 0 unspecified atom stereocenters. The summed E-state index contributed by atoms with van der Waals surface area (Å²) >= 11 is 7.84. The molecule has 1 N–H and O–H groups in total. The summed E-state index contributed by atoms with van der Waals surface area (Å²) in [7, 11) is 0. The molecule has 1 aliphatic heterocycles. The second kappa shape index (κ2) is 8.49. The van der Waals surface area contributed by atoms with E-state index < -0.39 is 0 Å². The summed E-state index contributed by atoms with van der Waals surface area (Å²) in [5.74, 6) is -0.571. The van der Waals surface area contributed by atoms with E-state index in [0.717, 1.165) is 10.1 Å². The third-order valence-corrected chi connectivity index (χ3v) is 6.55. The quantitative estimate of drug-likeness (QED) is 0.677. The SMILES string of the molecule is O=C(CN1CCN(C(=O)c2sc3ccccc3c2Cl)CC1)Nc1ccc(F)cc1. The molecular formula is C21H19ClFN3O2S. The van der Waals surface area contributed by atoms with Gasteiger partial charge in [-0.25, -0.2) is 4.39 Å². The van der Waals surface area contributed by atoms with Gasteiger partial charge in [-0.1, -0.05) is 29.8 Å². The molecule has 2 amide bonds. The van der Waals surface area contributed by atoms with Crippen LogP contribution in [-0.4, -0.2) is 54.3 Å². The Bertz CT molecular complexity index is 1050. The highest BCUT2D eigenvalue weighted by atomic mass is 35.5. The zero-order valence-electron chi connectivity index (χ0n) is 15.5. The first-order valence-electron chi connectivity index (χ1n) is 9.25. The average Bonchev–Trinajstić information content (AvgIpc) is 3.06. The molecule has 5 nitrogen and oxygen atoms in total. The highest BCUT2D eigenvalue weighted by Gasteiger charge is 2.26. The fraction of sp³-hybridized carbons (Fsp3) is 0.238. The van der Waals surface area contributed by atoms with Gasteiger partial charge in [0.2, 0.25) is 5.91 Å². The summed E-state index contributed by atoms with van der Waals surface area (Å²) < 4.78 is 13.9. The van der Waals surface area contributed by atoms with E-state index in [1.807, 2.05) is 29.2 Å². The monoisotopic (exact) mass is 431 g/mol. The maximum atomic E-state index is 12.9. The van der Waals surface area contributed by atoms with Crippen LogP contribution in [0.4, 0.5) is 10.1 Å². The third-order valence-electron chi connectivity index (χ3n) is 4.88. The van der Waals surface area contributed by atoms with Crippen molar-refractivity contribution in [2.45, 2.75) is 0 Å². The van der Waals surface area contributed by atoms with E-state index in [1.54, 1.807) is 4.90 Å². The number of piperazine rings is 1.